The molecule has 1 aromatic carbocycles. The Bertz CT molecular complexity index is 572. The molecule has 0 unspecified atom stereocenters. The van der Waals surface area contributed by atoms with Gasteiger partial charge in [0.2, 0.25) is 0 Å². The molecule has 0 aliphatic rings. The number of nitrogens with zero attached hydrogens (tertiary/aromatic N) is 2. The lowest BCUT2D eigenvalue weighted by Crippen LogP contribution is -2.01. The van der Waals surface area contributed by atoms with E-state index in [1.54, 1.807) is 12.1 Å². The standard InChI is InChI=1S/C12H10FN3/c1-2-15-11-8(6-14)7-16-12-9(11)4-3-5-10(12)13/h3-5,7H,2H2,1H3,(H,15,16). The van der Waals surface area contributed by atoms with Gasteiger partial charge in [-0.25, -0.2) is 4.39 Å². The van der Waals surface area contributed by atoms with Crippen LogP contribution in [-0.4, -0.2) is 11.5 Å². The zero-order chi connectivity index (χ0) is 11.5. The van der Waals surface area contributed by atoms with Crippen molar-refractivity contribution in [1.29, 1.82) is 5.26 Å². The second kappa shape index (κ2) is 4.15. The van der Waals surface area contributed by atoms with E-state index in [2.05, 4.69) is 10.3 Å². The van der Waals surface area contributed by atoms with Gasteiger partial charge in [0, 0.05) is 18.1 Å². The number of benzene rings is 1. The van der Waals surface area contributed by atoms with Gasteiger partial charge in [0.1, 0.15) is 17.4 Å². The summed E-state index contributed by atoms with van der Waals surface area (Å²) in [4.78, 5) is 3.96. The van der Waals surface area contributed by atoms with Crippen molar-refractivity contribution in [3.63, 3.8) is 0 Å². The molecule has 0 saturated heterocycles. The van der Waals surface area contributed by atoms with Crippen molar-refractivity contribution in [2.75, 3.05) is 11.9 Å². The van der Waals surface area contributed by atoms with E-state index in [1.165, 1.54) is 12.3 Å². The molecule has 0 aliphatic heterocycles. The number of nitrogens with one attached hydrogen (secondary N) is 1. The van der Waals surface area contributed by atoms with Crippen LogP contribution in [0, 0.1) is 17.1 Å². The average Bonchev–Trinajstić information content (AvgIpc) is 2.30. The zero-order valence-electron chi connectivity index (χ0n) is 8.79. The lowest BCUT2D eigenvalue weighted by atomic mass is 10.1. The number of nitriles is 1. The SMILES string of the molecule is CCNc1c(C#N)cnc2c(F)cccc12. The lowest BCUT2D eigenvalue weighted by Gasteiger charge is -2.09. The third-order valence-electron chi connectivity index (χ3n) is 2.32. The highest BCUT2D eigenvalue weighted by Crippen LogP contribution is 2.26. The molecule has 2 rings (SSSR count). The van der Waals surface area contributed by atoms with E-state index in [1.807, 2.05) is 13.0 Å². The molecule has 2 aromatic rings. The van der Waals surface area contributed by atoms with Gasteiger partial charge in [-0.3, -0.25) is 4.98 Å². The van der Waals surface area contributed by atoms with Crippen molar-refractivity contribution in [3.8, 4) is 6.07 Å². The minimum absolute atomic E-state index is 0.289. The number of pyridine rings is 1. The molecule has 0 amide bonds. The third-order valence-corrected chi connectivity index (χ3v) is 2.32. The smallest absolute Gasteiger partial charge is 0.149 e. The van der Waals surface area contributed by atoms with Crippen LogP contribution in [0.4, 0.5) is 10.1 Å². The summed E-state index contributed by atoms with van der Waals surface area (Å²) >= 11 is 0. The molecule has 80 valence electrons. The number of aromatic nitrogens is 1. The number of para-hydroxylation sites is 1. The summed E-state index contributed by atoms with van der Waals surface area (Å²) in [5, 5.41) is 12.7. The van der Waals surface area contributed by atoms with E-state index in [9.17, 15) is 4.39 Å². The quantitative estimate of drug-likeness (QED) is 0.837. The molecule has 4 heteroatoms. The Balaban J connectivity index is 2.80. The van der Waals surface area contributed by atoms with Gasteiger partial charge in [0.05, 0.1) is 11.3 Å². The summed E-state index contributed by atoms with van der Waals surface area (Å²) in [5.41, 5.74) is 1.37. The molecule has 0 spiro atoms. The maximum atomic E-state index is 13.5. The van der Waals surface area contributed by atoms with E-state index in [0.29, 0.717) is 23.2 Å². The second-order valence-corrected chi connectivity index (χ2v) is 3.33. The number of hydrogen-bond donors (Lipinski definition) is 1. The summed E-state index contributed by atoms with van der Waals surface area (Å²) in [7, 11) is 0. The van der Waals surface area contributed by atoms with Gasteiger partial charge in [0.25, 0.3) is 0 Å². The fourth-order valence-corrected chi connectivity index (χ4v) is 1.64. The molecule has 1 heterocycles. The van der Waals surface area contributed by atoms with Gasteiger partial charge in [0.15, 0.2) is 0 Å². The summed E-state index contributed by atoms with van der Waals surface area (Å²) in [6, 6.07) is 6.77. The van der Waals surface area contributed by atoms with Crippen LogP contribution in [0.1, 0.15) is 12.5 Å². The number of halogens is 1. The largest absolute Gasteiger partial charge is 0.384 e. The molecule has 16 heavy (non-hydrogen) atoms. The van der Waals surface area contributed by atoms with E-state index >= 15 is 0 Å². The van der Waals surface area contributed by atoms with Crippen LogP contribution in [0.5, 0.6) is 0 Å². The predicted molar refractivity (Wildman–Crippen MR) is 60.6 cm³/mol. The first-order valence-corrected chi connectivity index (χ1v) is 4.99. The third kappa shape index (κ3) is 1.57. The number of rotatable bonds is 2. The molecular weight excluding hydrogens is 205 g/mol. The van der Waals surface area contributed by atoms with Crippen molar-refractivity contribution in [3.05, 3.63) is 35.8 Å². The van der Waals surface area contributed by atoms with Gasteiger partial charge < -0.3 is 5.32 Å². The minimum Gasteiger partial charge on any atom is -0.384 e. The van der Waals surface area contributed by atoms with Gasteiger partial charge in [-0.05, 0) is 13.0 Å². The molecule has 0 bridgehead atoms. The van der Waals surface area contributed by atoms with Crippen molar-refractivity contribution in [1.82, 2.24) is 4.98 Å². The molecule has 0 atom stereocenters. The maximum absolute atomic E-state index is 13.5. The van der Waals surface area contributed by atoms with Crippen LogP contribution in [0.3, 0.4) is 0 Å². The van der Waals surface area contributed by atoms with Crippen molar-refractivity contribution >= 4 is 16.6 Å². The molecule has 0 saturated carbocycles. The Kier molecular flexibility index (Phi) is 2.69. The zero-order valence-corrected chi connectivity index (χ0v) is 8.79. The summed E-state index contributed by atoms with van der Waals surface area (Å²) in [5.74, 6) is -0.374. The maximum Gasteiger partial charge on any atom is 0.149 e. The highest BCUT2D eigenvalue weighted by molar-refractivity contribution is 5.94. The highest BCUT2D eigenvalue weighted by Gasteiger charge is 2.10. The Morgan fingerprint density at radius 3 is 3.00 bits per heavy atom. The van der Waals surface area contributed by atoms with Gasteiger partial charge in [-0.15, -0.1) is 0 Å². The molecule has 0 radical (unpaired) electrons. The van der Waals surface area contributed by atoms with E-state index < -0.39 is 0 Å². The number of hydrogen-bond acceptors (Lipinski definition) is 3. The molecule has 1 N–H and O–H groups in total. The van der Waals surface area contributed by atoms with Crippen LogP contribution in [0.2, 0.25) is 0 Å². The van der Waals surface area contributed by atoms with E-state index in [4.69, 9.17) is 5.26 Å². The number of fused-ring (bicyclic) bond motifs is 1. The van der Waals surface area contributed by atoms with Crippen molar-refractivity contribution < 1.29 is 4.39 Å². The van der Waals surface area contributed by atoms with Crippen LogP contribution in [0.25, 0.3) is 10.9 Å². The molecule has 0 fully saturated rings. The monoisotopic (exact) mass is 215 g/mol. The average molecular weight is 215 g/mol. The van der Waals surface area contributed by atoms with Crippen LogP contribution >= 0.6 is 0 Å². The fourth-order valence-electron chi connectivity index (χ4n) is 1.64. The highest BCUT2D eigenvalue weighted by atomic mass is 19.1. The first-order valence-electron chi connectivity index (χ1n) is 4.99. The molecular formula is C12H10FN3. The van der Waals surface area contributed by atoms with E-state index in [0.717, 1.165) is 0 Å². The first-order chi connectivity index (χ1) is 7.77. The normalized spacial score (nSPS) is 10.1. The Morgan fingerprint density at radius 2 is 2.31 bits per heavy atom. The predicted octanol–water partition coefficient (Wildman–Crippen LogP) is 2.68. The van der Waals surface area contributed by atoms with Gasteiger partial charge in [-0.2, -0.15) is 5.26 Å². The summed E-state index contributed by atoms with van der Waals surface area (Å²) in [6.07, 6.45) is 1.39. The Labute approximate surface area is 92.5 Å². The van der Waals surface area contributed by atoms with Crippen LogP contribution in [-0.2, 0) is 0 Å². The molecule has 3 nitrogen and oxygen atoms in total. The number of anilines is 1. The second-order valence-electron chi connectivity index (χ2n) is 3.33. The molecule has 1 aromatic heterocycles. The van der Waals surface area contributed by atoms with Gasteiger partial charge in [-0.1, -0.05) is 12.1 Å². The van der Waals surface area contributed by atoms with Crippen molar-refractivity contribution in [2.45, 2.75) is 6.92 Å². The van der Waals surface area contributed by atoms with Gasteiger partial charge >= 0.3 is 0 Å². The minimum atomic E-state index is -0.374. The Hall–Kier alpha value is -2.15. The first kappa shape index (κ1) is 10.4. The van der Waals surface area contributed by atoms with Crippen LogP contribution in [0.15, 0.2) is 24.4 Å². The van der Waals surface area contributed by atoms with E-state index in [-0.39, 0.29) is 11.3 Å². The van der Waals surface area contributed by atoms with Crippen LogP contribution < -0.4 is 5.32 Å². The topological polar surface area (TPSA) is 48.7 Å². The summed E-state index contributed by atoms with van der Waals surface area (Å²) in [6.45, 7) is 2.59. The fraction of sp³-hybridized carbons (Fsp3) is 0.167. The van der Waals surface area contributed by atoms with Crippen molar-refractivity contribution in [2.24, 2.45) is 0 Å². The summed E-state index contributed by atoms with van der Waals surface area (Å²) < 4.78 is 13.5. The Morgan fingerprint density at radius 1 is 1.50 bits per heavy atom. The lowest BCUT2D eigenvalue weighted by molar-refractivity contribution is 0.637. The molecule has 0 aliphatic carbocycles.